The summed E-state index contributed by atoms with van der Waals surface area (Å²) >= 11 is 0. The van der Waals surface area contributed by atoms with Crippen LogP contribution < -0.4 is 9.80 Å². The third-order valence-corrected chi connectivity index (χ3v) is 4.56. The summed E-state index contributed by atoms with van der Waals surface area (Å²) < 4.78 is 10.9. The average molecular weight is 344 g/mol. The van der Waals surface area contributed by atoms with Gasteiger partial charge in [0.05, 0.1) is 24.9 Å². The van der Waals surface area contributed by atoms with Crippen LogP contribution in [0, 0.1) is 0 Å². The summed E-state index contributed by atoms with van der Waals surface area (Å²) in [5.41, 5.74) is 0. The van der Waals surface area contributed by atoms with Crippen LogP contribution in [0.15, 0.2) is 29.0 Å². The van der Waals surface area contributed by atoms with Crippen LogP contribution in [0.4, 0.5) is 11.8 Å². The molecule has 9 heteroatoms. The predicted octanol–water partition coefficient (Wildman–Crippen LogP) is 0.260. The van der Waals surface area contributed by atoms with Gasteiger partial charge in [0.25, 0.3) is 5.91 Å². The Labute approximate surface area is 145 Å². The molecule has 0 spiro atoms. The summed E-state index contributed by atoms with van der Waals surface area (Å²) in [5, 5.41) is 3.61. The molecule has 0 saturated carbocycles. The molecule has 0 unspecified atom stereocenters. The Hall–Kier alpha value is -2.68. The Kier molecular flexibility index (Phi) is 4.00. The molecule has 9 nitrogen and oxygen atoms in total. The van der Waals surface area contributed by atoms with Crippen LogP contribution in [-0.4, -0.2) is 78.4 Å². The number of anilines is 2. The Balaban J connectivity index is 1.55. The fourth-order valence-electron chi connectivity index (χ4n) is 3.33. The quantitative estimate of drug-likeness (QED) is 0.784. The number of fused-ring (bicyclic) bond motifs is 1. The van der Waals surface area contributed by atoms with Gasteiger partial charge >= 0.3 is 0 Å². The number of likely N-dealkylation sites (tertiary alicyclic amines) is 1. The number of amides is 1. The van der Waals surface area contributed by atoms with Gasteiger partial charge in [0.1, 0.15) is 5.82 Å². The van der Waals surface area contributed by atoms with Crippen molar-refractivity contribution in [3.05, 3.63) is 30.3 Å². The molecular weight excluding hydrogens is 324 g/mol. The Morgan fingerprint density at radius 3 is 2.92 bits per heavy atom. The number of nitrogens with zero attached hydrogens (tertiary/aromatic N) is 6. The molecule has 2 fully saturated rings. The number of rotatable bonds is 3. The molecule has 0 N–H and O–H groups in total. The summed E-state index contributed by atoms with van der Waals surface area (Å²) in [6.45, 7) is 2.43. The van der Waals surface area contributed by atoms with Crippen molar-refractivity contribution in [3.63, 3.8) is 0 Å². The highest BCUT2D eigenvalue weighted by Gasteiger charge is 2.43. The van der Waals surface area contributed by atoms with E-state index in [4.69, 9.17) is 9.26 Å². The van der Waals surface area contributed by atoms with E-state index < -0.39 is 0 Å². The SMILES string of the molecule is CN(C)c1nccc(N2CCO[C@@H]3CN(C(=O)c4ccno4)C[C@@H]32)n1. The number of hydrogen-bond donors (Lipinski definition) is 0. The molecule has 0 bridgehead atoms. The predicted molar refractivity (Wildman–Crippen MR) is 89.6 cm³/mol. The van der Waals surface area contributed by atoms with Crippen molar-refractivity contribution >= 4 is 17.7 Å². The third-order valence-electron chi connectivity index (χ3n) is 4.56. The lowest BCUT2D eigenvalue weighted by molar-refractivity contribution is 0.0296. The lowest BCUT2D eigenvalue weighted by atomic mass is 10.1. The number of carbonyl (C=O) groups excluding carboxylic acids is 1. The van der Waals surface area contributed by atoms with Crippen molar-refractivity contribution in [2.24, 2.45) is 0 Å². The van der Waals surface area contributed by atoms with Crippen LogP contribution in [0.5, 0.6) is 0 Å². The summed E-state index contributed by atoms with van der Waals surface area (Å²) in [4.78, 5) is 27.3. The minimum absolute atomic E-state index is 0.0432. The summed E-state index contributed by atoms with van der Waals surface area (Å²) in [6, 6.07) is 3.54. The zero-order valence-electron chi connectivity index (χ0n) is 14.2. The monoisotopic (exact) mass is 344 g/mol. The highest BCUT2D eigenvalue weighted by Crippen LogP contribution is 2.28. The van der Waals surface area contributed by atoms with Gasteiger partial charge < -0.3 is 24.0 Å². The summed E-state index contributed by atoms with van der Waals surface area (Å²) in [6.07, 6.45) is 3.19. The Morgan fingerprint density at radius 1 is 1.28 bits per heavy atom. The molecule has 2 atom stereocenters. The zero-order chi connectivity index (χ0) is 17.4. The molecule has 2 aromatic heterocycles. The summed E-state index contributed by atoms with van der Waals surface area (Å²) in [7, 11) is 3.82. The highest BCUT2D eigenvalue weighted by atomic mass is 16.5. The first-order valence-corrected chi connectivity index (χ1v) is 8.22. The van der Waals surface area contributed by atoms with Gasteiger partial charge in [-0.25, -0.2) is 4.98 Å². The molecule has 0 radical (unpaired) electrons. The van der Waals surface area contributed by atoms with Gasteiger partial charge in [-0.05, 0) is 6.07 Å². The number of carbonyl (C=O) groups is 1. The van der Waals surface area contributed by atoms with Gasteiger partial charge in [0.15, 0.2) is 0 Å². The first kappa shape index (κ1) is 15.8. The first-order valence-electron chi connectivity index (χ1n) is 8.22. The van der Waals surface area contributed by atoms with Crippen LogP contribution in [-0.2, 0) is 4.74 Å². The van der Waals surface area contributed by atoms with Crippen LogP contribution in [0.2, 0.25) is 0 Å². The zero-order valence-corrected chi connectivity index (χ0v) is 14.2. The molecule has 0 aromatic carbocycles. The lowest BCUT2D eigenvalue weighted by Gasteiger charge is -2.37. The van der Waals surface area contributed by atoms with Crippen molar-refractivity contribution in [1.29, 1.82) is 0 Å². The van der Waals surface area contributed by atoms with Gasteiger partial charge in [0.2, 0.25) is 11.7 Å². The lowest BCUT2D eigenvalue weighted by Crippen LogP contribution is -2.51. The van der Waals surface area contributed by atoms with Crippen LogP contribution in [0.1, 0.15) is 10.6 Å². The van der Waals surface area contributed by atoms with E-state index in [1.165, 1.54) is 6.20 Å². The van der Waals surface area contributed by atoms with Gasteiger partial charge in [-0.2, -0.15) is 4.98 Å². The molecule has 25 heavy (non-hydrogen) atoms. The summed E-state index contributed by atoms with van der Waals surface area (Å²) in [5.74, 6) is 1.60. The third kappa shape index (κ3) is 2.91. The van der Waals surface area contributed by atoms with Gasteiger partial charge in [-0.15, -0.1) is 0 Å². The smallest absolute Gasteiger partial charge is 0.292 e. The first-order chi connectivity index (χ1) is 12.1. The fraction of sp³-hybridized carbons (Fsp3) is 0.500. The topological polar surface area (TPSA) is 87.8 Å². The van der Waals surface area contributed by atoms with Crippen molar-refractivity contribution in [3.8, 4) is 0 Å². The van der Waals surface area contributed by atoms with E-state index in [0.29, 0.717) is 25.6 Å². The fourth-order valence-corrected chi connectivity index (χ4v) is 3.33. The van der Waals surface area contributed by atoms with E-state index in [9.17, 15) is 4.79 Å². The van der Waals surface area contributed by atoms with E-state index in [-0.39, 0.29) is 23.8 Å². The van der Waals surface area contributed by atoms with Crippen LogP contribution in [0.25, 0.3) is 0 Å². The maximum Gasteiger partial charge on any atom is 0.292 e. The minimum atomic E-state index is -0.160. The normalized spacial score (nSPS) is 22.8. The Bertz CT molecular complexity index is 750. The molecule has 2 saturated heterocycles. The molecular formula is C16H20N6O3. The molecule has 1 amide bonds. The molecule has 2 aliphatic rings. The van der Waals surface area contributed by atoms with Gasteiger partial charge in [-0.1, -0.05) is 5.16 Å². The number of morpholine rings is 1. The minimum Gasteiger partial charge on any atom is -0.372 e. The number of hydrogen-bond acceptors (Lipinski definition) is 8. The van der Waals surface area contributed by atoms with E-state index >= 15 is 0 Å². The molecule has 132 valence electrons. The second kappa shape index (κ2) is 6.32. The van der Waals surface area contributed by atoms with Gasteiger partial charge in [0, 0.05) is 46.0 Å². The van der Waals surface area contributed by atoms with E-state index in [2.05, 4.69) is 20.0 Å². The van der Waals surface area contributed by atoms with Crippen LogP contribution >= 0.6 is 0 Å². The molecule has 4 rings (SSSR count). The van der Waals surface area contributed by atoms with E-state index in [1.807, 2.05) is 25.1 Å². The molecule has 0 aliphatic carbocycles. The van der Waals surface area contributed by atoms with Crippen LogP contribution in [0.3, 0.4) is 0 Å². The van der Waals surface area contributed by atoms with Crippen molar-refractivity contribution < 1.29 is 14.1 Å². The number of aromatic nitrogens is 3. The second-order valence-corrected chi connectivity index (χ2v) is 6.37. The number of ether oxygens (including phenoxy) is 1. The molecule has 2 aliphatic heterocycles. The van der Waals surface area contributed by atoms with E-state index in [1.54, 1.807) is 17.2 Å². The highest BCUT2D eigenvalue weighted by molar-refractivity contribution is 5.91. The van der Waals surface area contributed by atoms with Crippen molar-refractivity contribution in [1.82, 2.24) is 20.0 Å². The second-order valence-electron chi connectivity index (χ2n) is 6.37. The molecule has 4 heterocycles. The maximum atomic E-state index is 12.5. The standard InChI is InChI=1S/C16H20N6O3/c1-20(2)16-17-5-4-14(19-16)22-7-8-24-13-10-21(9-11(13)22)15(23)12-3-6-18-25-12/h3-6,11,13H,7-10H2,1-2H3/t11-,13+/m0/s1. The Morgan fingerprint density at radius 2 is 2.16 bits per heavy atom. The van der Waals surface area contributed by atoms with Gasteiger partial charge in [-0.3, -0.25) is 4.79 Å². The van der Waals surface area contributed by atoms with E-state index in [0.717, 1.165) is 12.4 Å². The van der Waals surface area contributed by atoms with Crippen molar-refractivity contribution in [2.75, 3.05) is 50.1 Å². The maximum absolute atomic E-state index is 12.5. The van der Waals surface area contributed by atoms with Crippen molar-refractivity contribution in [2.45, 2.75) is 12.1 Å². The molecule has 2 aromatic rings. The average Bonchev–Trinajstić information content (AvgIpc) is 3.30. The largest absolute Gasteiger partial charge is 0.372 e.